The van der Waals surface area contributed by atoms with Gasteiger partial charge in [0.25, 0.3) is 5.89 Å². The molecule has 4 aromatic rings. The van der Waals surface area contributed by atoms with E-state index in [-0.39, 0.29) is 6.03 Å². The van der Waals surface area contributed by atoms with Crippen LogP contribution in [0, 0.1) is 0 Å². The molecule has 0 radical (unpaired) electrons. The first-order valence-corrected chi connectivity index (χ1v) is 11.9. The van der Waals surface area contributed by atoms with Crippen LogP contribution in [0.5, 0.6) is 5.75 Å². The molecule has 172 valence electrons. The summed E-state index contributed by atoms with van der Waals surface area (Å²) in [7, 11) is 1.62. The molecule has 34 heavy (non-hydrogen) atoms. The minimum Gasteiger partial charge on any atom is -0.497 e. The average molecular weight is 473 g/mol. The number of carbonyl (C=O) groups is 1. The summed E-state index contributed by atoms with van der Waals surface area (Å²) in [4.78, 5) is 20.9. The highest BCUT2D eigenvalue weighted by atomic mass is 32.1. The number of rotatable bonds is 7. The molecule has 0 saturated heterocycles. The lowest BCUT2D eigenvalue weighted by Gasteiger charge is -2.35. The second-order valence-electron chi connectivity index (χ2n) is 7.93. The Morgan fingerprint density at radius 1 is 1.12 bits per heavy atom. The fraction of sp³-hybridized carbons (Fsp3) is 0.192. The van der Waals surface area contributed by atoms with Gasteiger partial charge in [-0.3, -0.25) is 4.90 Å². The Morgan fingerprint density at radius 2 is 1.97 bits per heavy atom. The third kappa shape index (κ3) is 4.32. The first kappa shape index (κ1) is 21.9. The number of hydrogen-bond donors (Lipinski definition) is 1. The Labute approximate surface area is 201 Å². The van der Waals surface area contributed by atoms with Crippen LogP contribution in [-0.2, 0) is 6.42 Å². The summed E-state index contributed by atoms with van der Waals surface area (Å²) in [5.74, 6) is 1.59. The summed E-state index contributed by atoms with van der Waals surface area (Å²) in [6.07, 6.45) is 0.763. The number of ether oxygens (including phenoxy) is 1. The molecule has 5 rings (SSSR count). The van der Waals surface area contributed by atoms with E-state index in [2.05, 4.69) is 16.5 Å². The number of methoxy groups -OCH3 is 1. The largest absolute Gasteiger partial charge is 0.497 e. The van der Waals surface area contributed by atoms with Crippen molar-refractivity contribution >= 4 is 22.9 Å². The van der Waals surface area contributed by atoms with Crippen LogP contribution in [0.3, 0.4) is 0 Å². The van der Waals surface area contributed by atoms with Crippen LogP contribution in [0.2, 0.25) is 0 Å². The zero-order valence-corrected chi connectivity index (χ0v) is 19.7. The smallest absolute Gasteiger partial charge is 0.322 e. The summed E-state index contributed by atoms with van der Waals surface area (Å²) in [5, 5.41) is 9.40. The molecule has 1 N–H and O–H groups in total. The van der Waals surface area contributed by atoms with Gasteiger partial charge >= 0.3 is 6.03 Å². The van der Waals surface area contributed by atoms with Crippen molar-refractivity contribution in [2.24, 2.45) is 0 Å². The zero-order valence-electron chi connectivity index (χ0n) is 18.9. The summed E-state index contributed by atoms with van der Waals surface area (Å²) < 4.78 is 11.2. The zero-order chi connectivity index (χ0) is 23.5. The molecule has 1 aliphatic rings. The predicted molar refractivity (Wildman–Crippen MR) is 131 cm³/mol. The van der Waals surface area contributed by atoms with Crippen molar-refractivity contribution in [3.05, 3.63) is 94.1 Å². The molecule has 2 amide bonds. The monoisotopic (exact) mass is 472 g/mol. The summed E-state index contributed by atoms with van der Waals surface area (Å²) in [6, 6.07) is 20.8. The number of nitrogens with zero attached hydrogens (tertiary/aromatic N) is 3. The van der Waals surface area contributed by atoms with Gasteiger partial charge < -0.3 is 14.6 Å². The Hall–Kier alpha value is -3.91. The fourth-order valence-electron chi connectivity index (χ4n) is 4.11. The molecule has 0 spiro atoms. The molecule has 7 nitrogen and oxygen atoms in total. The molecule has 0 aliphatic carbocycles. The Morgan fingerprint density at radius 3 is 2.74 bits per heavy atom. The van der Waals surface area contributed by atoms with Crippen molar-refractivity contribution in [1.29, 1.82) is 0 Å². The number of aromatic nitrogens is 2. The van der Waals surface area contributed by atoms with E-state index in [0.717, 1.165) is 28.8 Å². The van der Waals surface area contributed by atoms with E-state index in [0.29, 0.717) is 24.0 Å². The molecule has 2 aromatic carbocycles. The number of allylic oxidation sites excluding steroid dienone is 1. The van der Waals surface area contributed by atoms with Crippen molar-refractivity contribution in [3.8, 4) is 17.1 Å². The summed E-state index contributed by atoms with van der Waals surface area (Å²) >= 11 is 1.68. The van der Waals surface area contributed by atoms with E-state index < -0.39 is 6.04 Å². The lowest BCUT2D eigenvalue weighted by Crippen LogP contribution is -2.46. The van der Waals surface area contributed by atoms with Crippen molar-refractivity contribution in [1.82, 2.24) is 20.4 Å². The maximum atomic E-state index is 13.2. The van der Waals surface area contributed by atoms with Gasteiger partial charge in [-0.2, -0.15) is 4.98 Å². The highest BCUT2D eigenvalue weighted by Gasteiger charge is 2.35. The third-order valence-corrected chi connectivity index (χ3v) is 6.81. The van der Waals surface area contributed by atoms with Crippen LogP contribution in [0.15, 0.2) is 82.3 Å². The van der Waals surface area contributed by atoms with Gasteiger partial charge in [0.05, 0.1) is 18.7 Å². The Kier molecular flexibility index (Phi) is 6.14. The average Bonchev–Trinajstić information content (AvgIpc) is 3.57. The van der Waals surface area contributed by atoms with Crippen molar-refractivity contribution in [2.75, 3.05) is 13.7 Å². The maximum absolute atomic E-state index is 13.2. The summed E-state index contributed by atoms with van der Waals surface area (Å²) in [5.41, 5.74) is 3.30. The van der Waals surface area contributed by atoms with E-state index >= 15 is 0 Å². The lowest BCUT2D eigenvalue weighted by atomic mass is 9.94. The van der Waals surface area contributed by atoms with Crippen molar-refractivity contribution in [2.45, 2.75) is 19.4 Å². The van der Waals surface area contributed by atoms with Crippen LogP contribution in [0.25, 0.3) is 17.0 Å². The molecule has 0 fully saturated rings. The highest BCUT2D eigenvalue weighted by Crippen LogP contribution is 2.38. The molecule has 2 aromatic heterocycles. The number of urea groups is 1. The minimum atomic E-state index is -0.454. The highest BCUT2D eigenvalue weighted by molar-refractivity contribution is 7.09. The number of amides is 2. The van der Waals surface area contributed by atoms with Gasteiger partial charge in [-0.05, 0) is 42.5 Å². The minimum absolute atomic E-state index is 0.159. The normalized spacial score (nSPS) is 16.0. The first-order valence-electron chi connectivity index (χ1n) is 11.0. The van der Waals surface area contributed by atoms with Crippen molar-refractivity contribution in [3.63, 3.8) is 0 Å². The molecule has 0 bridgehead atoms. The first-order chi connectivity index (χ1) is 16.6. The molecular formula is C26H24N4O3S. The molecule has 8 heteroatoms. The van der Waals surface area contributed by atoms with Gasteiger partial charge in [0.2, 0.25) is 5.82 Å². The van der Waals surface area contributed by atoms with Crippen LogP contribution in [-0.4, -0.2) is 34.7 Å². The van der Waals surface area contributed by atoms with Crippen LogP contribution in [0.1, 0.15) is 29.3 Å². The quantitative estimate of drug-likeness (QED) is 0.382. The number of nitrogens with one attached hydrogen (secondary N) is 1. The van der Waals surface area contributed by atoms with Crippen LogP contribution in [0.4, 0.5) is 4.79 Å². The molecule has 3 heterocycles. The van der Waals surface area contributed by atoms with E-state index in [1.807, 2.05) is 73.0 Å². The Balaban J connectivity index is 1.56. The molecule has 0 saturated carbocycles. The molecule has 1 unspecified atom stereocenters. The molecule has 1 atom stereocenters. The number of thiophene rings is 1. The molecule has 1 aliphatic heterocycles. The van der Waals surface area contributed by atoms with E-state index in [4.69, 9.17) is 14.2 Å². The standard InChI is InChI=1S/C26H24N4O3S/c1-17-22(25-28-24(29-33-25)18-8-4-3-5-9-18)23(19-10-6-11-20(16-19)32-2)27-26(31)30(17)14-13-21-12-7-15-34-21/h3-12,15-16,23H,13-14H2,1-2H3,(H,27,31). The van der Waals surface area contributed by atoms with Gasteiger partial charge in [0, 0.05) is 22.7 Å². The van der Waals surface area contributed by atoms with Gasteiger partial charge in [0.15, 0.2) is 0 Å². The second kappa shape index (κ2) is 9.52. The van der Waals surface area contributed by atoms with E-state index in [9.17, 15) is 4.79 Å². The van der Waals surface area contributed by atoms with Gasteiger partial charge in [-0.25, -0.2) is 4.79 Å². The summed E-state index contributed by atoms with van der Waals surface area (Å²) in [6.45, 7) is 2.48. The SMILES string of the molecule is COc1cccc(C2NC(=O)N(CCc3cccs3)C(C)=C2c2nc(-c3ccccc3)no2)c1. The van der Waals surface area contributed by atoms with Crippen molar-refractivity contribution < 1.29 is 14.1 Å². The van der Waals surface area contributed by atoms with Crippen LogP contribution < -0.4 is 10.1 Å². The third-order valence-electron chi connectivity index (χ3n) is 5.87. The topological polar surface area (TPSA) is 80.5 Å². The van der Waals surface area contributed by atoms with E-state index in [1.165, 1.54) is 4.88 Å². The Bertz CT molecular complexity index is 1310. The number of carbonyl (C=O) groups excluding carboxylic acids is 1. The maximum Gasteiger partial charge on any atom is 0.322 e. The molecular weight excluding hydrogens is 448 g/mol. The second-order valence-corrected chi connectivity index (χ2v) is 8.96. The van der Waals surface area contributed by atoms with Crippen LogP contribution >= 0.6 is 11.3 Å². The number of benzene rings is 2. The van der Waals surface area contributed by atoms with E-state index in [1.54, 1.807) is 23.3 Å². The fourth-order valence-corrected chi connectivity index (χ4v) is 4.81. The number of hydrogen-bond acceptors (Lipinski definition) is 6. The predicted octanol–water partition coefficient (Wildman–Crippen LogP) is 5.55. The van der Waals surface area contributed by atoms with Gasteiger partial charge in [-0.15, -0.1) is 11.3 Å². The van der Waals surface area contributed by atoms with Gasteiger partial charge in [0.1, 0.15) is 5.75 Å². The lowest BCUT2D eigenvalue weighted by molar-refractivity contribution is 0.205. The van der Waals surface area contributed by atoms with Gasteiger partial charge in [-0.1, -0.05) is 53.7 Å².